The third-order valence-electron chi connectivity index (χ3n) is 5.48. The normalized spacial score (nSPS) is 19.7. The van der Waals surface area contributed by atoms with Crippen LogP contribution in [0.25, 0.3) is 0 Å². The average molecular weight is 400 g/mol. The van der Waals surface area contributed by atoms with Gasteiger partial charge in [0.05, 0.1) is 6.54 Å². The summed E-state index contributed by atoms with van der Waals surface area (Å²) in [5.41, 5.74) is 2.27. The zero-order valence-electron chi connectivity index (χ0n) is 17.6. The van der Waals surface area contributed by atoms with Crippen molar-refractivity contribution in [3.05, 3.63) is 35.4 Å². The van der Waals surface area contributed by atoms with Gasteiger partial charge in [-0.3, -0.25) is 9.59 Å². The molecule has 2 fully saturated rings. The maximum atomic E-state index is 11.9. The second kappa shape index (κ2) is 10.3. The van der Waals surface area contributed by atoms with E-state index >= 15 is 0 Å². The van der Waals surface area contributed by atoms with Gasteiger partial charge in [-0.2, -0.15) is 0 Å². The van der Waals surface area contributed by atoms with Gasteiger partial charge in [0.1, 0.15) is 0 Å². The van der Waals surface area contributed by atoms with E-state index in [1.807, 2.05) is 29.7 Å². The van der Waals surface area contributed by atoms with Gasteiger partial charge < -0.3 is 20.4 Å². The molecule has 1 unspecified atom stereocenters. The summed E-state index contributed by atoms with van der Waals surface area (Å²) < 4.78 is 0. The smallest absolute Gasteiger partial charge is 0.222 e. The molecular formula is C22H33N5O2. The van der Waals surface area contributed by atoms with Crippen molar-refractivity contribution < 1.29 is 9.59 Å². The summed E-state index contributed by atoms with van der Waals surface area (Å²) in [6.45, 7) is 8.38. The minimum absolute atomic E-state index is 0.213. The van der Waals surface area contributed by atoms with Gasteiger partial charge in [0, 0.05) is 51.6 Å². The van der Waals surface area contributed by atoms with E-state index in [0.717, 1.165) is 56.1 Å². The number of likely N-dealkylation sites (tertiary alicyclic amines) is 2. The Kier molecular flexibility index (Phi) is 7.49. The van der Waals surface area contributed by atoms with Gasteiger partial charge in [0.25, 0.3) is 0 Å². The molecule has 158 valence electrons. The number of hydrogen-bond donors (Lipinski definition) is 2. The molecule has 1 atom stereocenters. The van der Waals surface area contributed by atoms with E-state index in [-0.39, 0.29) is 17.9 Å². The highest BCUT2D eigenvalue weighted by Gasteiger charge is 2.25. The van der Waals surface area contributed by atoms with E-state index in [4.69, 9.17) is 4.99 Å². The quantitative estimate of drug-likeness (QED) is 0.542. The summed E-state index contributed by atoms with van der Waals surface area (Å²) in [7, 11) is 0. The Hall–Kier alpha value is -2.57. The lowest BCUT2D eigenvalue weighted by molar-refractivity contribution is -0.130. The maximum absolute atomic E-state index is 11.9. The van der Waals surface area contributed by atoms with Crippen molar-refractivity contribution in [3.8, 4) is 0 Å². The average Bonchev–Trinajstić information content (AvgIpc) is 3.35. The highest BCUT2D eigenvalue weighted by Crippen LogP contribution is 2.16. The maximum Gasteiger partial charge on any atom is 0.222 e. The molecule has 0 aliphatic carbocycles. The first-order valence-electron chi connectivity index (χ1n) is 10.8. The van der Waals surface area contributed by atoms with Crippen molar-refractivity contribution in [1.82, 2.24) is 20.4 Å². The Labute approximate surface area is 173 Å². The van der Waals surface area contributed by atoms with E-state index in [1.165, 1.54) is 0 Å². The van der Waals surface area contributed by atoms with Crippen molar-refractivity contribution in [1.29, 1.82) is 0 Å². The Balaban J connectivity index is 1.58. The minimum atomic E-state index is 0.213. The summed E-state index contributed by atoms with van der Waals surface area (Å²) in [6.07, 6.45) is 3.13. The van der Waals surface area contributed by atoms with E-state index in [0.29, 0.717) is 25.9 Å². The summed E-state index contributed by atoms with van der Waals surface area (Å²) in [6, 6.07) is 8.54. The lowest BCUT2D eigenvalue weighted by atomic mass is 10.1. The molecule has 7 nitrogen and oxygen atoms in total. The molecule has 2 N–H and O–H groups in total. The van der Waals surface area contributed by atoms with Gasteiger partial charge in [-0.1, -0.05) is 31.2 Å². The predicted octanol–water partition coefficient (Wildman–Crippen LogP) is 1.87. The molecule has 29 heavy (non-hydrogen) atoms. The third-order valence-corrected chi connectivity index (χ3v) is 5.48. The van der Waals surface area contributed by atoms with Crippen LogP contribution in [0.15, 0.2) is 29.3 Å². The van der Waals surface area contributed by atoms with Gasteiger partial charge in [0.2, 0.25) is 11.8 Å². The van der Waals surface area contributed by atoms with Crippen LogP contribution >= 0.6 is 0 Å². The minimum Gasteiger partial charge on any atom is -0.357 e. The second-order valence-corrected chi connectivity index (χ2v) is 7.76. The topological polar surface area (TPSA) is 77.0 Å². The second-order valence-electron chi connectivity index (χ2n) is 7.76. The number of hydrogen-bond acceptors (Lipinski definition) is 3. The number of carbonyl (C=O) groups excluding carboxylic acids is 2. The van der Waals surface area contributed by atoms with Gasteiger partial charge in [-0.25, -0.2) is 4.99 Å². The molecular weight excluding hydrogens is 366 g/mol. The highest BCUT2D eigenvalue weighted by atomic mass is 16.2. The molecule has 2 amide bonds. The van der Waals surface area contributed by atoms with Crippen molar-refractivity contribution in [2.45, 2.75) is 58.7 Å². The van der Waals surface area contributed by atoms with E-state index in [1.54, 1.807) is 0 Å². The lowest BCUT2D eigenvalue weighted by Gasteiger charge is -2.19. The summed E-state index contributed by atoms with van der Waals surface area (Å²) in [4.78, 5) is 32.3. The van der Waals surface area contributed by atoms with Gasteiger partial charge >= 0.3 is 0 Å². The molecule has 1 aromatic carbocycles. The molecule has 3 rings (SSSR count). The van der Waals surface area contributed by atoms with Crippen LogP contribution in [0.1, 0.15) is 50.7 Å². The first-order chi connectivity index (χ1) is 14.1. The molecule has 0 spiro atoms. The molecule has 7 heteroatoms. The number of benzene rings is 1. The fourth-order valence-electron chi connectivity index (χ4n) is 3.93. The number of nitrogens with one attached hydrogen (secondary N) is 2. The number of nitrogens with zero attached hydrogens (tertiary/aromatic N) is 3. The van der Waals surface area contributed by atoms with Crippen LogP contribution in [-0.2, 0) is 22.7 Å². The largest absolute Gasteiger partial charge is 0.357 e. The molecule has 0 bridgehead atoms. The van der Waals surface area contributed by atoms with Crippen LogP contribution in [0.2, 0.25) is 0 Å². The molecule has 2 aliphatic heterocycles. The molecule has 1 aromatic rings. The Morgan fingerprint density at radius 2 is 2.07 bits per heavy atom. The standard InChI is InChI=1S/C22H33N5O2/c1-3-20(28)27-12-10-19(16-27)25-22(23-4-2)24-14-17-7-5-8-18(13-17)15-26-11-6-9-21(26)29/h5,7-8,13,19H,3-4,6,9-12,14-16H2,1-2H3,(H2,23,24,25). The lowest BCUT2D eigenvalue weighted by Crippen LogP contribution is -2.45. The molecule has 0 saturated carbocycles. The van der Waals surface area contributed by atoms with Gasteiger partial charge in [-0.15, -0.1) is 0 Å². The number of rotatable bonds is 7. The Morgan fingerprint density at radius 1 is 1.24 bits per heavy atom. The third kappa shape index (κ3) is 5.95. The zero-order valence-corrected chi connectivity index (χ0v) is 17.6. The summed E-state index contributed by atoms with van der Waals surface area (Å²) >= 11 is 0. The SMILES string of the molecule is CCNC(=NCc1cccc(CN2CCCC2=O)c1)NC1CCN(C(=O)CC)C1. The van der Waals surface area contributed by atoms with Crippen LogP contribution in [0.4, 0.5) is 0 Å². The molecule has 2 aliphatic rings. The van der Waals surface area contributed by atoms with Gasteiger partial charge in [0.15, 0.2) is 5.96 Å². The number of guanidine groups is 1. The predicted molar refractivity (Wildman–Crippen MR) is 114 cm³/mol. The monoisotopic (exact) mass is 399 g/mol. The van der Waals surface area contributed by atoms with Crippen molar-refractivity contribution in [2.24, 2.45) is 4.99 Å². The molecule has 0 radical (unpaired) electrons. The number of carbonyl (C=O) groups is 2. The van der Waals surface area contributed by atoms with Crippen LogP contribution in [0.5, 0.6) is 0 Å². The zero-order chi connectivity index (χ0) is 20.6. The summed E-state index contributed by atoms with van der Waals surface area (Å²) in [5, 5.41) is 6.77. The molecule has 2 heterocycles. The highest BCUT2D eigenvalue weighted by molar-refractivity contribution is 5.80. The van der Waals surface area contributed by atoms with Crippen molar-refractivity contribution >= 4 is 17.8 Å². The molecule has 0 aromatic heterocycles. The van der Waals surface area contributed by atoms with E-state index in [2.05, 4.69) is 28.8 Å². The van der Waals surface area contributed by atoms with E-state index < -0.39 is 0 Å². The van der Waals surface area contributed by atoms with Crippen LogP contribution in [0.3, 0.4) is 0 Å². The number of aliphatic imine (C=N–C) groups is 1. The Morgan fingerprint density at radius 3 is 2.79 bits per heavy atom. The fourth-order valence-corrected chi connectivity index (χ4v) is 3.93. The first-order valence-corrected chi connectivity index (χ1v) is 10.8. The Bertz CT molecular complexity index is 748. The fraction of sp³-hybridized carbons (Fsp3) is 0.591. The number of amides is 2. The van der Waals surface area contributed by atoms with Crippen molar-refractivity contribution in [2.75, 3.05) is 26.2 Å². The van der Waals surface area contributed by atoms with Crippen LogP contribution in [-0.4, -0.2) is 59.8 Å². The molecule has 2 saturated heterocycles. The summed E-state index contributed by atoms with van der Waals surface area (Å²) in [5.74, 6) is 1.24. The van der Waals surface area contributed by atoms with Crippen LogP contribution in [0, 0.1) is 0 Å². The first kappa shape index (κ1) is 21.1. The van der Waals surface area contributed by atoms with E-state index in [9.17, 15) is 9.59 Å². The van der Waals surface area contributed by atoms with Crippen LogP contribution < -0.4 is 10.6 Å². The van der Waals surface area contributed by atoms with Crippen molar-refractivity contribution in [3.63, 3.8) is 0 Å². The van der Waals surface area contributed by atoms with Gasteiger partial charge in [-0.05, 0) is 30.9 Å².